The second kappa shape index (κ2) is 9.25. The van der Waals surface area contributed by atoms with Crippen LogP contribution in [0.25, 0.3) is 6.08 Å². The van der Waals surface area contributed by atoms with Crippen LogP contribution in [0.3, 0.4) is 0 Å². The standard InChI is InChI=1S/C19H25N3O2S/c1-3-5-6-7-8-16-25(23,24)21-18-10-9-11-19(17(18)4-2)22-14-12-20-13-15-22/h3-11,20-21H,1-2,12-16H2/b6-5-,8-7-. The van der Waals surface area contributed by atoms with Gasteiger partial charge in [0, 0.05) is 37.4 Å². The van der Waals surface area contributed by atoms with Gasteiger partial charge in [-0.1, -0.05) is 55.7 Å². The van der Waals surface area contributed by atoms with Crippen LogP contribution in [0, 0.1) is 0 Å². The summed E-state index contributed by atoms with van der Waals surface area (Å²) >= 11 is 0. The quantitative estimate of drug-likeness (QED) is 0.701. The Hall–Kier alpha value is -2.31. The van der Waals surface area contributed by atoms with E-state index in [2.05, 4.69) is 28.1 Å². The molecule has 1 aliphatic rings. The van der Waals surface area contributed by atoms with Crippen molar-refractivity contribution in [1.29, 1.82) is 0 Å². The first kappa shape index (κ1) is 19.0. The fourth-order valence-corrected chi connectivity index (χ4v) is 3.61. The molecule has 2 N–H and O–H groups in total. The fourth-order valence-electron chi connectivity index (χ4n) is 2.65. The average Bonchev–Trinajstić information content (AvgIpc) is 2.61. The third kappa shape index (κ3) is 5.62. The summed E-state index contributed by atoms with van der Waals surface area (Å²) in [5, 5.41) is 3.31. The van der Waals surface area contributed by atoms with Crippen LogP contribution in [-0.2, 0) is 10.0 Å². The smallest absolute Gasteiger partial charge is 0.236 e. The lowest BCUT2D eigenvalue weighted by molar-refractivity contribution is 0.589. The maximum absolute atomic E-state index is 12.3. The third-order valence-electron chi connectivity index (χ3n) is 3.82. The molecule has 1 aliphatic heterocycles. The Bertz CT molecular complexity index is 761. The molecule has 134 valence electrons. The van der Waals surface area contributed by atoms with E-state index in [-0.39, 0.29) is 5.75 Å². The second-order valence-corrected chi connectivity index (χ2v) is 7.38. The molecule has 1 fully saturated rings. The molecule has 0 saturated carbocycles. The first-order valence-corrected chi connectivity index (χ1v) is 9.88. The SMILES string of the molecule is C=C/C=C\C=C/CS(=O)(=O)Nc1cccc(N2CCNCC2)c1C=C. The summed E-state index contributed by atoms with van der Waals surface area (Å²) in [6, 6.07) is 5.63. The number of nitrogens with one attached hydrogen (secondary N) is 2. The number of hydrogen-bond donors (Lipinski definition) is 2. The Morgan fingerprint density at radius 3 is 2.60 bits per heavy atom. The Labute approximate surface area is 150 Å². The zero-order valence-electron chi connectivity index (χ0n) is 14.3. The third-order valence-corrected chi connectivity index (χ3v) is 4.98. The molecule has 0 spiro atoms. The van der Waals surface area contributed by atoms with E-state index in [1.165, 1.54) is 0 Å². The first-order valence-electron chi connectivity index (χ1n) is 8.23. The number of benzene rings is 1. The van der Waals surface area contributed by atoms with Gasteiger partial charge < -0.3 is 10.2 Å². The van der Waals surface area contributed by atoms with E-state index >= 15 is 0 Å². The van der Waals surface area contributed by atoms with Crippen molar-refractivity contribution in [1.82, 2.24) is 5.32 Å². The molecule has 1 aromatic rings. The topological polar surface area (TPSA) is 61.4 Å². The van der Waals surface area contributed by atoms with E-state index in [4.69, 9.17) is 0 Å². The Morgan fingerprint density at radius 1 is 1.16 bits per heavy atom. The molecule has 0 bridgehead atoms. The highest BCUT2D eigenvalue weighted by Crippen LogP contribution is 2.29. The number of hydrogen-bond acceptors (Lipinski definition) is 4. The van der Waals surface area contributed by atoms with Crippen LogP contribution in [0.5, 0.6) is 0 Å². The Balaban J connectivity index is 2.18. The average molecular weight is 359 g/mol. The molecule has 5 nitrogen and oxygen atoms in total. The van der Waals surface area contributed by atoms with E-state index in [9.17, 15) is 8.42 Å². The van der Waals surface area contributed by atoms with Crippen molar-refractivity contribution in [2.75, 3.05) is 41.6 Å². The Kier molecular flexibility index (Phi) is 7.03. The highest BCUT2D eigenvalue weighted by Gasteiger charge is 2.17. The number of sulfonamides is 1. The Morgan fingerprint density at radius 2 is 1.92 bits per heavy atom. The summed E-state index contributed by atoms with van der Waals surface area (Å²) in [6.45, 7) is 11.0. The van der Waals surface area contributed by atoms with Crippen LogP contribution in [0.2, 0.25) is 0 Å². The normalized spacial score (nSPS) is 15.6. The lowest BCUT2D eigenvalue weighted by atomic mass is 10.1. The molecular formula is C19H25N3O2S. The predicted octanol–water partition coefficient (Wildman–Crippen LogP) is 2.78. The molecular weight excluding hydrogens is 334 g/mol. The molecule has 1 saturated heterocycles. The van der Waals surface area contributed by atoms with Gasteiger partial charge in [-0.05, 0) is 12.1 Å². The highest BCUT2D eigenvalue weighted by molar-refractivity contribution is 7.92. The molecule has 6 heteroatoms. The van der Waals surface area contributed by atoms with E-state index in [0.29, 0.717) is 5.69 Å². The summed E-state index contributed by atoms with van der Waals surface area (Å²) in [7, 11) is -3.48. The zero-order chi connectivity index (χ0) is 18.1. The van der Waals surface area contributed by atoms with Gasteiger partial charge in [-0.25, -0.2) is 8.42 Å². The van der Waals surface area contributed by atoms with Crippen molar-refractivity contribution in [3.63, 3.8) is 0 Å². The maximum Gasteiger partial charge on any atom is 0.236 e. The molecule has 2 rings (SSSR count). The van der Waals surface area contributed by atoms with Crippen molar-refractivity contribution in [3.05, 3.63) is 67.3 Å². The van der Waals surface area contributed by atoms with Gasteiger partial charge in [0.1, 0.15) is 0 Å². The molecule has 0 amide bonds. The van der Waals surface area contributed by atoms with Gasteiger partial charge in [-0.3, -0.25) is 4.72 Å². The van der Waals surface area contributed by atoms with Crippen LogP contribution in [0.15, 0.2) is 61.7 Å². The van der Waals surface area contributed by atoms with Crippen LogP contribution in [-0.4, -0.2) is 40.3 Å². The van der Waals surface area contributed by atoms with Gasteiger partial charge in [0.05, 0.1) is 11.4 Å². The number of allylic oxidation sites excluding steroid dienone is 4. The van der Waals surface area contributed by atoms with Crippen LogP contribution in [0.4, 0.5) is 11.4 Å². The highest BCUT2D eigenvalue weighted by atomic mass is 32.2. The largest absolute Gasteiger partial charge is 0.368 e. The van der Waals surface area contributed by atoms with Crippen LogP contribution >= 0.6 is 0 Å². The number of nitrogens with zero attached hydrogens (tertiary/aromatic N) is 1. The van der Waals surface area contributed by atoms with Gasteiger partial charge in [0.25, 0.3) is 0 Å². The van der Waals surface area contributed by atoms with Gasteiger partial charge >= 0.3 is 0 Å². The monoisotopic (exact) mass is 359 g/mol. The van der Waals surface area contributed by atoms with Gasteiger partial charge in [-0.2, -0.15) is 0 Å². The van der Waals surface area contributed by atoms with Crippen molar-refractivity contribution < 1.29 is 8.42 Å². The molecule has 0 atom stereocenters. The lowest BCUT2D eigenvalue weighted by Gasteiger charge is -2.31. The number of rotatable bonds is 8. The van der Waals surface area contributed by atoms with Crippen molar-refractivity contribution >= 4 is 27.5 Å². The zero-order valence-corrected chi connectivity index (χ0v) is 15.1. The van der Waals surface area contributed by atoms with Crippen molar-refractivity contribution in [2.24, 2.45) is 0 Å². The summed E-state index contributed by atoms with van der Waals surface area (Å²) < 4.78 is 27.3. The summed E-state index contributed by atoms with van der Waals surface area (Å²) in [5.74, 6) is -0.0943. The van der Waals surface area contributed by atoms with E-state index in [1.54, 1.807) is 42.5 Å². The number of piperazine rings is 1. The molecule has 25 heavy (non-hydrogen) atoms. The predicted molar refractivity (Wildman–Crippen MR) is 108 cm³/mol. The first-order chi connectivity index (χ1) is 12.1. The minimum atomic E-state index is -3.48. The molecule has 1 aromatic carbocycles. The van der Waals surface area contributed by atoms with E-state index in [1.807, 2.05) is 12.1 Å². The number of anilines is 2. The van der Waals surface area contributed by atoms with Crippen molar-refractivity contribution in [3.8, 4) is 0 Å². The van der Waals surface area contributed by atoms with Crippen molar-refractivity contribution in [2.45, 2.75) is 0 Å². The van der Waals surface area contributed by atoms with E-state index < -0.39 is 10.0 Å². The van der Waals surface area contributed by atoms with Gasteiger partial charge in [0.15, 0.2) is 0 Å². The lowest BCUT2D eigenvalue weighted by Crippen LogP contribution is -2.43. The summed E-state index contributed by atoms with van der Waals surface area (Å²) in [6.07, 6.45) is 10.1. The van der Waals surface area contributed by atoms with Gasteiger partial charge in [-0.15, -0.1) is 0 Å². The summed E-state index contributed by atoms with van der Waals surface area (Å²) in [5.41, 5.74) is 2.37. The van der Waals surface area contributed by atoms with Crippen LogP contribution in [0.1, 0.15) is 5.56 Å². The summed E-state index contributed by atoms with van der Waals surface area (Å²) in [4.78, 5) is 2.24. The maximum atomic E-state index is 12.3. The minimum absolute atomic E-state index is 0.0943. The van der Waals surface area contributed by atoms with Gasteiger partial charge in [0.2, 0.25) is 10.0 Å². The van der Waals surface area contributed by atoms with Crippen LogP contribution < -0.4 is 14.9 Å². The molecule has 0 aliphatic carbocycles. The fraction of sp³-hybridized carbons (Fsp3) is 0.263. The second-order valence-electron chi connectivity index (χ2n) is 5.61. The molecule has 1 heterocycles. The molecule has 0 unspecified atom stereocenters. The van der Waals surface area contributed by atoms with E-state index in [0.717, 1.165) is 37.4 Å². The molecule has 0 aromatic heterocycles. The molecule has 0 radical (unpaired) electrons. The minimum Gasteiger partial charge on any atom is -0.368 e.